The van der Waals surface area contributed by atoms with Crippen molar-refractivity contribution in [3.8, 4) is 0 Å². The lowest BCUT2D eigenvalue weighted by Gasteiger charge is -2.43. The number of anilines is 1. The largest absolute Gasteiger partial charge is 0.465 e. The molecule has 7 heteroatoms. The fraction of sp³-hybridized carbons (Fsp3) is 0.500. The Hall–Kier alpha value is -2.53. The number of methoxy groups -OCH3 is 1. The first-order chi connectivity index (χ1) is 11.0. The molecule has 1 heterocycles. The van der Waals surface area contributed by atoms with Gasteiger partial charge in [-0.15, -0.1) is 0 Å². The van der Waals surface area contributed by atoms with Crippen LogP contribution >= 0.6 is 0 Å². The van der Waals surface area contributed by atoms with Gasteiger partial charge in [-0.05, 0) is 41.6 Å². The summed E-state index contributed by atoms with van der Waals surface area (Å²) in [6, 6.07) is 4.51. The van der Waals surface area contributed by atoms with E-state index in [1.54, 1.807) is 23.1 Å². The number of carbonyl (C=O) groups excluding carboxylic acids is 2. The fourth-order valence-electron chi connectivity index (χ4n) is 3.34. The Labute approximate surface area is 134 Å². The van der Waals surface area contributed by atoms with Crippen molar-refractivity contribution in [3.63, 3.8) is 0 Å². The molecule has 0 N–H and O–H groups in total. The smallest absolute Gasteiger partial charge is 0.337 e. The van der Waals surface area contributed by atoms with Crippen molar-refractivity contribution in [2.24, 2.45) is 11.0 Å². The molecule has 1 aromatic rings. The van der Waals surface area contributed by atoms with Crippen LogP contribution in [0.15, 0.2) is 23.3 Å². The van der Waals surface area contributed by atoms with Crippen LogP contribution < -0.4 is 4.90 Å². The third kappa shape index (κ3) is 2.87. The summed E-state index contributed by atoms with van der Waals surface area (Å²) in [6.07, 6.45) is 0.746. The first-order valence-electron chi connectivity index (χ1n) is 7.52. The van der Waals surface area contributed by atoms with Gasteiger partial charge >= 0.3 is 5.97 Å². The van der Waals surface area contributed by atoms with Gasteiger partial charge in [-0.25, -0.2) is 4.79 Å². The molecule has 1 aliphatic heterocycles. The minimum atomic E-state index is -0.466. The third-order valence-electron chi connectivity index (χ3n) is 4.40. The van der Waals surface area contributed by atoms with Gasteiger partial charge in [0, 0.05) is 23.6 Å². The maximum absolute atomic E-state index is 12.1. The van der Waals surface area contributed by atoms with Crippen LogP contribution in [0.25, 0.3) is 10.4 Å². The predicted molar refractivity (Wildman–Crippen MR) is 86.1 cm³/mol. The van der Waals surface area contributed by atoms with E-state index in [0.29, 0.717) is 16.8 Å². The lowest BCUT2D eigenvalue weighted by Crippen LogP contribution is -2.48. The number of ether oxygens (including phenoxy) is 1. The highest BCUT2D eigenvalue weighted by molar-refractivity contribution is 5.96. The van der Waals surface area contributed by atoms with Gasteiger partial charge in [0.25, 0.3) is 0 Å². The van der Waals surface area contributed by atoms with Crippen LogP contribution in [0, 0.1) is 5.92 Å². The molecule has 2 rings (SSSR count). The molecule has 122 valence electrons. The zero-order valence-electron chi connectivity index (χ0n) is 13.7. The lowest BCUT2D eigenvalue weighted by atomic mass is 9.81. The number of benzene rings is 1. The Morgan fingerprint density at radius 2 is 2.13 bits per heavy atom. The number of amides is 1. The number of hydrogen-bond donors (Lipinski definition) is 0. The van der Waals surface area contributed by atoms with Crippen molar-refractivity contribution in [1.29, 1.82) is 0 Å². The van der Waals surface area contributed by atoms with Gasteiger partial charge in [0.15, 0.2) is 0 Å². The highest BCUT2D eigenvalue weighted by Crippen LogP contribution is 2.44. The van der Waals surface area contributed by atoms with Crippen molar-refractivity contribution in [3.05, 3.63) is 39.8 Å². The van der Waals surface area contributed by atoms with Gasteiger partial charge in [-0.1, -0.05) is 19.0 Å². The van der Waals surface area contributed by atoms with E-state index in [0.717, 1.165) is 6.42 Å². The summed E-state index contributed by atoms with van der Waals surface area (Å²) in [5.74, 6) is -0.595. The van der Waals surface area contributed by atoms with E-state index in [1.807, 2.05) is 13.8 Å². The van der Waals surface area contributed by atoms with E-state index in [9.17, 15) is 9.59 Å². The molecule has 0 aliphatic carbocycles. The molecule has 0 aromatic heterocycles. The first kappa shape index (κ1) is 16.8. The summed E-state index contributed by atoms with van der Waals surface area (Å²) in [4.78, 5) is 28.6. The Morgan fingerprint density at radius 3 is 2.65 bits per heavy atom. The van der Waals surface area contributed by atoms with Crippen molar-refractivity contribution in [2.45, 2.75) is 39.3 Å². The second-order valence-electron chi connectivity index (χ2n) is 5.64. The Kier molecular flexibility index (Phi) is 4.91. The molecule has 0 saturated heterocycles. The standard InChI is InChI=1S/C16H20N4O3/c1-5-13-9(2)15(18-19-17)12-8-11(16(22)23-4)6-7-14(12)20(13)10(3)21/h6-9,13,15H,5H2,1-4H3/t9-,13+,15+/m1/s1. The molecule has 0 fully saturated rings. The van der Waals surface area contributed by atoms with Crippen LogP contribution in [0.5, 0.6) is 0 Å². The second-order valence-corrected chi connectivity index (χ2v) is 5.64. The Bertz CT molecular complexity index is 682. The summed E-state index contributed by atoms with van der Waals surface area (Å²) in [7, 11) is 1.31. The molecule has 1 aromatic carbocycles. The average Bonchev–Trinajstić information content (AvgIpc) is 2.55. The highest BCUT2D eigenvalue weighted by atomic mass is 16.5. The topological polar surface area (TPSA) is 95.4 Å². The van der Waals surface area contributed by atoms with E-state index in [-0.39, 0.29) is 17.9 Å². The molecule has 0 radical (unpaired) electrons. The maximum Gasteiger partial charge on any atom is 0.337 e. The molecular weight excluding hydrogens is 296 g/mol. The summed E-state index contributed by atoms with van der Waals surface area (Å²) in [5.41, 5.74) is 10.6. The Morgan fingerprint density at radius 1 is 1.43 bits per heavy atom. The molecule has 1 aliphatic rings. The number of azide groups is 1. The highest BCUT2D eigenvalue weighted by Gasteiger charge is 2.39. The first-order valence-corrected chi connectivity index (χ1v) is 7.52. The minimum Gasteiger partial charge on any atom is -0.465 e. The van der Waals surface area contributed by atoms with Gasteiger partial charge in [0.2, 0.25) is 5.91 Å². The van der Waals surface area contributed by atoms with Gasteiger partial charge in [-0.2, -0.15) is 0 Å². The van der Waals surface area contributed by atoms with Crippen LogP contribution in [0.3, 0.4) is 0 Å². The number of esters is 1. The van der Waals surface area contributed by atoms with E-state index in [2.05, 4.69) is 10.0 Å². The van der Waals surface area contributed by atoms with Crippen molar-refractivity contribution < 1.29 is 14.3 Å². The van der Waals surface area contributed by atoms with Crippen molar-refractivity contribution >= 4 is 17.6 Å². The summed E-state index contributed by atoms with van der Waals surface area (Å²) in [5, 5.41) is 3.91. The van der Waals surface area contributed by atoms with Gasteiger partial charge in [0.1, 0.15) is 0 Å². The summed E-state index contributed by atoms with van der Waals surface area (Å²) >= 11 is 0. The molecule has 0 bridgehead atoms. The van der Waals surface area contributed by atoms with E-state index >= 15 is 0 Å². The predicted octanol–water partition coefficient (Wildman–Crippen LogP) is 3.61. The monoisotopic (exact) mass is 316 g/mol. The molecule has 3 atom stereocenters. The zero-order chi connectivity index (χ0) is 17.1. The normalized spacial score (nSPS) is 22.8. The quantitative estimate of drug-likeness (QED) is 0.369. The maximum atomic E-state index is 12.1. The van der Waals surface area contributed by atoms with Crippen LogP contribution in [-0.4, -0.2) is 25.0 Å². The van der Waals surface area contributed by atoms with Crippen LogP contribution in [0.4, 0.5) is 5.69 Å². The average molecular weight is 316 g/mol. The minimum absolute atomic E-state index is 0.0554. The molecule has 1 amide bonds. The molecular formula is C16H20N4O3. The number of fused-ring (bicyclic) bond motifs is 1. The molecule has 0 saturated carbocycles. The van der Waals surface area contributed by atoms with Crippen molar-refractivity contribution in [2.75, 3.05) is 12.0 Å². The molecule has 0 spiro atoms. The number of carbonyl (C=O) groups is 2. The fourth-order valence-corrected chi connectivity index (χ4v) is 3.34. The second kappa shape index (κ2) is 6.71. The van der Waals surface area contributed by atoms with Gasteiger partial charge < -0.3 is 9.64 Å². The number of hydrogen-bond acceptors (Lipinski definition) is 4. The molecule has 23 heavy (non-hydrogen) atoms. The summed E-state index contributed by atoms with van der Waals surface area (Å²) < 4.78 is 4.74. The van der Waals surface area contributed by atoms with Gasteiger partial charge in [-0.3, -0.25) is 4.79 Å². The van der Waals surface area contributed by atoms with Crippen LogP contribution in [0.2, 0.25) is 0 Å². The van der Waals surface area contributed by atoms with Gasteiger partial charge in [0.05, 0.1) is 18.7 Å². The number of nitrogens with zero attached hydrogens (tertiary/aromatic N) is 4. The van der Waals surface area contributed by atoms with E-state index in [1.165, 1.54) is 14.0 Å². The van der Waals surface area contributed by atoms with Crippen LogP contribution in [0.1, 0.15) is 49.2 Å². The summed E-state index contributed by atoms with van der Waals surface area (Å²) in [6.45, 7) is 5.47. The zero-order valence-corrected chi connectivity index (χ0v) is 13.7. The van der Waals surface area contributed by atoms with E-state index in [4.69, 9.17) is 10.3 Å². The van der Waals surface area contributed by atoms with Crippen LogP contribution in [-0.2, 0) is 9.53 Å². The number of rotatable bonds is 3. The lowest BCUT2D eigenvalue weighted by molar-refractivity contribution is -0.117. The molecule has 0 unspecified atom stereocenters. The molecule has 7 nitrogen and oxygen atoms in total. The SMILES string of the molecule is CC[C@H]1[C@@H](C)[C@H](N=[N+]=[N-])c2cc(C(=O)OC)ccc2N1C(C)=O. The van der Waals surface area contributed by atoms with E-state index < -0.39 is 12.0 Å². The van der Waals surface area contributed by atoms with Crippen molar-refractivity contribution in [1.82, 2.24) is 0 Å². The third-order valence-corrected chi connectivity index (χ3v) is 4.40. The Balaban J connectivity index is 2.68.